The largest absolute Gasteiger partial charge is 0.507 e. The molecular formula is C11H16O. The molecule has 0 radical (unpaired) electrons. The van der Waals surface area contributed by atoms with Gasteiger partial charge in [0, 0.05) is 0 Å². The summed E-state index contributed by atoms with van der Waals surface area (Å²) in [4.78, 5) is 0. The van der Waals surface area contributed by atoms with Crippen molar-refractivity contribution in [3.8, 4) is 5.75 Å². The van der Waals surface area contributed by atoms with Gasteiger partial charge in [-0.1, -0.05) is 26.0 Å². The molecule has 0 aromatic heterocycles. The normalized spacial score (nSPS) is 10.8. The minimum Gasteiger partial charge on any atom is -0.507 e. The summed E-state index contributed by atoms with van der Waals surface area (Å²) in [5.41, 5.74) is 3.22. The lowest BCUT2D eigenvalue weighted by Gasteiger charge is -2.13. The van der Waals surface area contributed by atoms with Gasteiger partial charge in [0.15, 0.2) is 0 Å². The Hall–Kier alpha value is -0.980. The lowest BCUT2D eigenvalue weighted by Crippen LogP contribution is -1.94. The fourth-order valence-electron chi connectivity index (χ4n) is 1.55. The molecule has 0 spiro atoms. The molecule has 0 aliphatic rings. The molecule has 0 atom stereocenters. The smallest absolute Gasteiger partial charge is 0.122 e. The van der Waals surface area contributed by atoms with E-state index < -0.39 is 0 Å². The third kappa shape index (κ3) is 1.45. The summed E-state index contributed by atoms with van der Waals surface area (Å²) in [7, 11) is 0. The van der Waals surface area contributed by atoms with E-state index in [1.54, 1.807) is 0 Å². The maximum Gasteiger partial charge on any atom is 0.122 e. The van der Waals surface area contributed by atoms with Crippen LogP contribution in [-0.4, -0.2) is 5.11 Å². The van der Waals surface area contributed by atoms with Gasteiger partial charge in [0.05, 0.1) is 0 Å². The van der Waals surface area contributed by atoms with E-state index in [0.29, 0.717) is 11.7 Å². The summed E-state index contributed by atoms with van der Waals surface area (Å²) in [5.74, 6) is 0.856. The molecule has 0 amide bonds. The van der Waals surface area contributed by atoms with Gasteiger partial charge in [-0.25, -0.2) is 0 Å². The molecule has 0 aliphatic carbocycles. The van der Waals surface area contributed by atoms with Crippen LogP contribution < -0.4 is 0 Å². The van der Waals surface area contributed by atoms with Crippen molar-refractivity contribution in [2.45, 2.75) is 33.6 Å². The standard InChI is InChI=1S/C11H16O/c1-7(2)10-8(3)5-6-9(4)11(10)12/h5-7,12H,1-4H3. The molecule has 1 aromatic rings. The van der Waals surface area contributed by atoms with Gasteiger partial charge in [-0.3, -0.25) is 0 Å². The summed E-state index contributed by atoms with van der Waals surface area (Å²) < 4.78 is 0. The van der Waals surface area contributed by atoms with Crippen LogP contribution in [0.5, 0.6) is 5.75 Å². The topological polar surface area (TPSA) is 20.2 Å². The van der Waals surface area contributed by atoms with Crippen LogP contribution in [0.25, 0.3) is 0 Å². The predicted octanol–water partition coefficient (Wildman–Crippen LogP) is 3.13. The molecule has 0 saturated heterocycles. The van der Waals surface area contributed by atoms with Crippen molar-refractivity contribution in [2.24, 2.45) is 0 Å². The van der Waals surface area contributed by atoms with E-state index in [1.807, 2.05) is 19.9 Å². The summed E-state index contributed by atoms with van der Waals surface area (Å²) in [6.45, 7) is 8.16. The van der Waals surface area contributed by atoms with Gasteiger partial charge in [-0.2, -0.15) is 0 Å². The molecule has 0 heterocycles. The molecule has 1 N–H and O–H groups in total. The van der Waals surface area contributed by atoms with Crippen molar-refractivity contribution in [2.75, 3.05) is 0 Å². The van der Waals surface area contributed by atoms with Gasteiger partial charge in [0.25, 0.3) is 0 Å². The van der Waals surface area contributed by atoms with E-state index in [1.165, 1.54) is 5.56 Å². The zero-order chi connectivity index (χ0) is 9.30. The van der Waals surface area contributed by atoms with E-state index in [2.05, 4.69) is 19.9 Å². The Balaban J connectivity index is 3.33. The molecule has 1 aromatic carbocycles. The number of hydrogen-bond acceptors (Lipinski definition) is 1. The van der Waals surface area contributed by atoms with E-state index >= 15 is 0 Å². The Labute approximate surface area is 74.1 Å². The lowest BCUT2D eigenvalue weighted by molar-refractivity contribution is 0.460. The number of phenolic OH excluding ortho intramolecular Hbond substituents is 1. The van der Waals surface area contributed by atoms with Crippen LogP contribution in [0, 0.1) is 13.8 Å². The maximum absolute atomic E-state index is 9.75. The molecule has 1 heteroatoms. The number of hydrogen-bond donors (Lipinski definition) is 1. The summed E-state index contributed by atoms with van der Waals surface area (Å²) >= 11 is 0. The van der Waals surface area contributed by atoms with Crippen molar-refractivity contribution >= 4 is 0 Å². The number of phenols is 1. The molecule has 0 bridgehead atoms. The van der Waals surface area contributed by atoms with Crippen LogP contribution in [0.1, 0.15) is 36.5 Å². The second-order valence-corrected chi connectivity index (χ2v) is 3.62. The minimum absolute atomic E-state index is 0.393. The highest BCUT2D eigenvalue weighted by Crippen LogP contribution is 2.31. The first-order valence-corrected chi connectivity index (χ1v) is 4.33. The first-order valence-electron chi connectivity index (χ1n) is 4.33. The highest BCUT2D eigenvalue weighted by atomic mass is 16.3. The Morgan fingerprint density at radius 3 is 2.00 bits per heavy atom. The van der Waals surface area contributed by atoms with Gasteiger partial charge >= 0.3 is 0 Å². The molecule has 0 unspecified atom stereocenters. The summed E-state index contributed by atoms with van der Waals surface area (Å²) in [6, 6.07) is 4.01. The Morgan fingerprint density at radius 1 is 1.08 bits per heavy atom. The lowest BCUT2D eigenvalue weighted by atomic mass is 9.95. The SMILES string of the molecule is Cc1ccc(C)c(C(C)C)c1O. The quantitative estimate of drug-likeness (QED) is 0.676. The Bertz CT molecular complexity index is 287. The van der Waals surface area contributed by atoms with Crippen molar-refractivity contribution in [1.82, 2.24) is 0 Å². The third-order valence-corrected chi connectivity index (χ3v) is 2.21. The fraction of sp³-hybridized carbons (Fsp3) is 0.455. The maximum atomic E-state index is 9.75. The molecule has 0 fully saturated rings. The summed E-state index contributed by atoms with van der Waals surface area (Å²) in [6.07, 6.45) is 0. The van der Waals surface area contributed by atoms with Gasteiger partial charge in [0.2, 0.25) is 0 Å². The average Bonchev–Trinajstić information content (AvgIpc) is 1.97. The average molecular weight is 164 g/mol. The van der Waals surface area contributed by atoms with E-state index in [9.17, 15) is 5.11 Å². The van der Waals surface area contributed by atoms with E-state index in [0.717, 1.165) is 11.1 Å². The second kappa shape index (κ2) is 3.18. The molecule has 1 nitrogen and oxygen atoms in total. The molecular weight excluding hydrogens is 148 g/mol. The monoisotopic (exact) mass is 164 g/mol. The van der Waals surface area contributed by atoms with Gasteiger partial charge < -0.3 is 5.11 Å². The zero-order valence-corrected chi connectivity index (χ0v) is 8.18. The van der Waals surface area contributed by atoms with Crippen molar-refractivity contribution in [3.63, 3.8) is 0 Å². The van der Waals surface area contributed by atoms with Crippen molar-refractivity contribution < 1.29 is 5.11 Å². The van der Waals surface area contributed by atoms with Crippen LogP contribution >= 0.6 is 0 Å². The number of aryl methyl sites for hydroxylation is 2. The number of rotatable bonds is 1. The van der Waals surface area contributed by atoms with Crippen LogP contribution in [0.3, 0.4) is 0 Å². The first kappa shape index (κ1) is 9.11. The molecule has 0 saturated carbocycles. The molecule has 1 rings (SSSR count). The van der Waals surface area contributed by atoms with Gasteiger partial charge in [0.1, 0.15) is 5.75 Å². The van der Waals surface area contributed by atoms with E-state index in [-0.39, 0.29) is 0 Å². The van der Waals surface area contributed by atoms with Crippen molar-refractivity contribution in [3.05, 3.63) is 28.8 Å². The van der Waals surface area contributed by atoms with Gasteiger partial charge in [-0.05, 0) is 36.5 Å². The second-order valence-electron chi connectivity index (χ2n) is 3.62. The number of benzene rings is 1. The molecule has 66 valence electrons. The highest BCUT2D eigenvalue weighted by molar-refractivity contribution is 5.45. The van der Waals surface area contributed by atoms with Gasteiger partial charge in [-0.15, -0.1) is 0 Å². The van der Waals surface area contributed by atoms with E-state index in [4.69, 9.17) is 0 Å². The Kier molecular flexibility index (Phi) is 2.41. The van der Waals surface area contributed by atoms with Crippen LogP contribution in [0.4, 0.5) is 0 Å². The zero-order valence-electron chi connectivity index (χ0n) is 8.18. The third-order valence-electron chi connectivity index (χ3n) is 2.21. The Morgan fingerprint density at radius 2 is 1.58 bits per heavy atom. The summed E-state index contributed by atoms with van der Waals surface area (Å²) in [5, 5.41) is 9.75. The van der Waals surface area contributed by atoms with Crippen LogP contribution in [0.15, 0.2) is 12.1 Å². The molecule has 12 heavy (non-hydrogen) atoms. The first-order chi connectivity index (χ1) is 5.54. The van der Waals surface area contributed by atoms with Crippen molar-refractivity contribution in [1.29, 1.82) is 0 Å². The fourth-order valence-corrected chi connectivity index (χ4v) is 1.55. The number of aromatic hydroxyl groups is 1. The van der Waals surface area contributed by atoms with Crippen LogP contribution in [0.2, 0.25) is 0 Å². The minimum atomic E-state index is 0.393. The highest BCUT2D eigenvalue weighted by Gasteiger charge is 2.10. The predicted molar refractivity (Wildman–Crippen MR) is 51.7 cm³/mol. The molecule has 0 aliphatic heterocycles. The van der Waals surface area contributed by atoms with Crippen LogP contribution in [-0.2, 0) is 0 Å².